The first-order valence-corrected chi connectivity index (χ1v) is 6.60. The van der Waals surface area contributed by atoms with Gasteiger partial charge in [-0.1, -0.05) is 0 Å². The Morgan fingerprint density at radius 2 is 2.20 bits per heavy atom. The Hall–Kier alpha value is -1.95. The number of carboxylic acids is 1. The quantitative estimate of drug-likeness (QED) is 0.819. The predicted octanol–water partition coefficient (Wildman–Crippen LogP) is 1.39. The molecule has 1 aliphatic heterocycles. The third kappa shape index (κ3) is 2.65. The lowest BCUT2D eigenvalue weighted by molar-refractivity contribution is -0.145. The summed E-state index contributed by atoms with van der Waals surface area (Å²) in [6, 6.07) is 5.50. The van der Waals surface area contributed by atoms with Gasteiger partial charge >= 0.3 is 5.97 Å². The summed E-state index contributed by atoms with van der Waals surface area (Å²) in [6.07, 6.45) is 2.04. The van der Waals surface area contributed by atoms with E-state index in [9.17, 15) is 9.90 Å². The third-order valence-corrected chi connectivity index (χ3v) is 3.44. The Morgan fingerprint density at radius 3 is 2.90 bits per heavy atom. The number of nitrogens with one attached hydrogen (secondary N) is 1. The van der Waals surface area contributed by atoms with Gasteiger partial charge in [-0.3, -0.25) is 10.1 Å². The van der Waals surface area contributed by atoms with Gasteiger partial charge in [-0.25, -0.2) is 0 Å². The molecule has 0 bridgehead atoms. The van der Waals surface area contributed by atoms with Crippen molar-refractivity contribution in [2.45, 2.75) is 31.3 Å². The van der Waals surface area contributed by atoms with Gasteiger partial charge in [0.15, 0.2) is 11.5 Å². The maximum absolute atomic E-state index is 11.4. The molecule has 6 heteroatoms. The number of carboxylic acid groups (broad SMARTS) is 1. The van der Waals surface area contributed by atoms with Crippen molar-refractivity contribution in [1.82, 2.24) is 5.32 Å². The van der Waals surface area contributed by atoms with Crippen LogP contribution < -0.4 is 19.5 Å². The molecule has 1 unspecified atom stereocenters. The van der Waals surface area contributed by atoms with E-state index in [1.165, 1.54) is 0 Å². The maximum atomic E-state index is 11.4. The van der Waals surface area contributed by atoms with Gasteiger partial charge in [-0.2, -0.15) is 0 Å². The number of aliphatic carboxylic acids is 1. The molecule has 1 aliphatic carbocycles. The SMILES string of the molecule is CC(COc1ccc2c(c1)OCO2)(NC1CC1)C(=O)O. The number of ether oxygens (including phenoxy) is 3. The van der Waals surface area contributed by atoms with E-state index >= 15 is 0 Å². The first-order chi connectivity index (χ1) is 9.57. The maximum Gasteiger partial charge on any atom is 0.327 e. The fourth-order valence-electron chi connectivity index (χ4n) is 2.04. The van der Waals surface area contributed by atoms with Gasteiger partial charge < -0.3 is 19.3 Å². The van der Waals surface area contributed by atoms with Gasteiger partial charge in [0, 0.05) is 12.1 Å². The molecule has 0 spiro atoms. The average molecular weight is 279 g/mol. The summed E-state index contributed by atoms with van der Waals surface area (Å²) in [5.41, 5.74) is -1.09. The number of hydrogen-bond acceptors (Lipinski definition) is 5. The molecule has 0 saturated heterocycles. The molecule has 0 aromatic heterocycles. The van der Waals surface area contributed by atoms with Gasteiger partial charge in [-0.05, 0) is 31.9 Å². The highest BCUT2D eigenvalue weighted by molar-refractivity contribution is 5.78. The van der Waals surface area contributed by atoms with E-state index in [1.54, 1.807) is 25.1 Å². The molecule has 2 N–H and O–H groups in total. The molecule has 0 radical (unpaired) electrons. The number of fused-ring (bicyclic) bond motifs is 1. The summed E-state index contributed by atoms with van der Waals surface area (Å²) >= 11 is 0. The minimum absolute atomic E-state index is 0.0540. The standard InChI is InChI=1S/C14H17NO5/c1-14(13(16)17,15-9-2-3-9)7-18-10-4-5-11-12(6-10)20-8-19-11/h4-6,9,15H,2-3,7-8H2,1H3,(H,16,17). The monoisotopic (exact) mass is 279 g/mol. The van der Waals surface area contributed by atoms with E-state index in [1.807, 2.05) is 0 Å². The summed E-state index contributed by atoms with van der Waals surface area (Å²) in [6.45, 7) is 1.90. The van der Waals surface area contributed by atoms with E-state index in [4.69, 9.17) is 14.2 Å². The Labute approximate surface area is 116 Å². The van der Waals surface area contributed by atoms with Crippen molar-refractivity contribution in [3.8, 4) is 17.2 Å². The van der Waals surface area contributed by atoms with Crippen molar-refractivity contribution >= 4 is 5.97 Å². The second-order valence-electron chi connectivity index (χ2n) is 5.36. The van der Waals surface area contributed by atoms with Crippen molar-refractivity contribution in [2.24, 2.45) is 0 Å². The van der Waals surface area contributed by atoms with Crippen molar-refractivity contribution in [1.29, 1.82) is 0 Å². The van der Waals surface area contributed by atoms with Crippen LogP contribution in [0, 0.1) is 0 Å². The molecular weight excluding hydrogens is 262 g/mol. The topological polar surface area (TPSA) is 77.0 Å². The highest BCUT2D eigenvalue weighted by Gasteiger charge is 2.39. The molecule has 1 atom stereocenters. The Balaban J connectivity index is 1.66. The first-order valence-electron chi connectivity index (χ1n) is 6.60. The molecule has 1 aromatic carbocycles. The second-order valence-corrected chi connectivity index (χ2v) is 5.36. The molecular formula is C14H17NO5. The van der Waals surface area contributed by atoms with Crippen molar-refractivity contribution in [3.63, 3.8) is 0 Å². The number of rotatable bonds is 6. The van der Waals surface area contributed by atoms with E-state index in [0.29, 0.717) is 17.2 Å². The van der Waals surface area contributed by atoms with Crippen LogP contribution in [0.5, 0.6) is 17.2 Å². The smallest absolute Gasteiger partial charge is 0.327 e. The summed E-state index contributed by atoms with van der Waals surface area (Å²) < 4.78 is 16.1. The van der Waals surface area contributed by atoms with E-state index in [2.05, 4.69) is 5.32 Å². The van der Waals surface area contributed by atoms with E-state index in [-0.39, 0.29) is 19.4 Å². The number of hydrogen-bond donors (Lipinski definition) is 2. The molecule has 1 fully saturated rings. The Morgan fingerprint density at radius 1 is 1.45 bits per heavy atom. The van der Waals surface area contributed by atoms with Gasteiger partial charge in [0.25, 0.3) is 0 Å². The third-order valence-electron chi connectivity index (χ3n) is 3.44. The van der Waals surface area contributed by atoms with E-state index < -0.39 is 11.5 Å². The van der Waals surface area contributed by atoms with Gasteiger partial charge in [0.05, 0.1) is 0 Å². The average Bonchev–Trinajstić information content (AvgIpc) is 3.10. The predicted molar refractivity (Wildman–Crippen MR) is 70.3 cm³/mol. The number of carbonyl (C=O) groups is 1. The molecule has 6 nitrogen and oxygen atoms in total. The Kier molecular flexibility index (Phi) is 3.17. The lowest BCUT2D eigenvalue weighted by Crippen LogP contribution is -2.54. The van der Waals surface area contributed by atoms with Crippen molar-refractivity contribution in [2.75, 3.05) is 13.4 Å². The lowest BCUT2D eigenvalue weighted by atomic mass is 10.0. The zero-order chi connectivity index (χ0) is 14.2. The largest absolute Gasteiger partial charge is 0.491 e. The number of benzene rings is 1. The summed E-state index contributed by atoms with van der Waals surface area (Å²) in [7, 11) is 0. The van der Waals surface area contributed by atoms with Crippen molar-refractivity contribution in [3.05, 3.63) is 18.2 Å². The van der Waals surface area contributed by atoms with E-state index in [0.717, 1.165) is 12.8 Å². The van der Waals surface area contributed by atoms with Crippen LogP contribution in [0.2, 0.25) is 0 Å². The molecule has 20 heavy (non-hydrogen) atoms. The summed E-state index contributed by atoms with van der Waals surface area (Å²) in [5.74, 6) is 0.952. The lowest BCUT2D eigenvalue weighted by Gasteiger charge is -2.26. The van der Waals surface area contributed by atoms with Gasteiger partial charge in [0.1, 0.15) is 17.9 Å². The fourth-order valence-corrected chi connectivity index (χ4v) is 2.04. The van der Waals surface area contributed by atoms with Gasteiger partial charge in [-0.15, -0.1) is 0 Å². The normalized spacial score (nSPS) is 19.4. The van der Waals surface area contributed by atoms with Crippen LogP contribution in [0.15, 0.2) is 18.2 Å². The fraction of sp³-hybridized carbons (Fsp3) is 0.500. The summed E-state index contributed by atoms with van der Waals surface area (Å²) in [4.78, 5) is 11.4. The van der Waals surface area contributed by atoms with Crippen LogP contribution in [-0.2, 0) is 4.79 Å². The van der Waals surface area contributed by atoms with Crippen LogP contribution in [0.25, 0.3) is 0 Å². The molecule has 1 saturated carbocycles. The van der Waals surface area contributed by atoms with Crippen molar-refractivity contribution < 1.29 is 24.1 Å². The minimum Gasteiger partial charge on any atom is -0.491 e. The first kappa shape index (κ1) is 13.1. The highest BCUT2D eigenvalue weighted by atomic mass is 16.7. The van der Waals surface area contributed by atoms with Crippen LogP contribution in [0.3, 0.4) is 0 Å². The second kappa shape index (κ2) is 4.86. The Bertz CT molecular complexity index is 528. The zero-order valence-corrected chi connectivity index (χ0v) is 11.2. The zero-order valence-electron chi connectivity index (χ0n) is 11.2. The molecule has 2 aliphatic rings. The molecule has 108 valence electrons. The van der Waals surface area contributed by atoms with Crippen LogP contribution in [0.4, 0.5) is 0 Å². The minimum atomic E-state index is -1.09. The molecule has 3 rings (SSSR count). The van der Waals surface area contributed by atoms with Crippen LogP contribution >= 0.6 is 0 Å². The molecule has 0 amide bonds. The van der Waals surface area contributed by atoms with Crippen LogP contribution in [-0.4, -0.2) is 36.1 Å². The van der Waals surface area contributed by atoms with Gasteiger partial charge in [0.2, 0.25) is 6.79 Å². The summed E-state index contributed by atoms with van der Waals surface area (Å²) in [5, 5.41) is 12.5. The highest BCUT2D eigenvalue weighted by Crippen LogP contribution is 2.35. The molecule has 1 heterocycles. The van der Waals surface area contributed by atoms with Crippen LogP contribution in [0.1, 0.15) is 19.8 Å². The molecule has 1 aromatic rings.